The van der Waals surface area contributed by atoms with Gasteiger partial charge in [0.2, 0.25) is 5.91 Å². The second-order valence-electron chi connectivity index (χ2n) is 7.17. The van der Waals surface area contributed by atoms with Gasteiger partial charge in [0, 0.05) is 12.1 Å². The number of nitro groups is 1. The maximum Gasteiger partial charge on any atom is 0.271 e. The Bertz CT molecular complexity index is 1310. The minimum absolute atomic E-state index is 0.0182. The topological polar surface area (TPSA) is 128 Å². The lowest BCUT2D eigenvalue weighted by atomic mass is 10.2. The van der Waals surface area contributed by atoms with Crippen molar-refractivity contribution < 1.29 is 27.6 Å². The van der Waals surface area contributed by atoms with E-state index in [1.807, 2.05) is 0 Å². The van der Waals surface area contributed by atoms with Gasteiger partial charge >= 0.3 is 0 Å². The van der Waals surface area contributed by atoms with Crippen LogP contribution in [0.15, 0.2) is 71.6 Å². The first-order valence-electron chi connectivity index (χ1n) is 10.0. The maximum atomic E-state index is 13.5. The Morgan fingerprint density at radius 3 is 2.24 bits per heavy atom. The molecule has 3 aromatic rings. The predicted molar refractivity (Wildman–Crippen MR) is 127 cm³/mol. The summed E-state index contributed by atoms with van der Waals surface area (Å²) in [7, 11) is -1.31. The summed E-state index contributed by atoms with van der Waals surface area (Å²) in [6.45, 7) is 1.13. The van der Waals surface area contributed by atoms with Crippen molar-refractivity contribution in [1.29, 1.82) is 0 Å². The smallest absolute Gasteiger partial charge is 0.271 e. The van der Waals surface area contributed by atoms with Gasteiger partial charge in [-0.05, 0) is 48.9 Å². The first kappa shape index (κ1) is 24.5. The van der Waals surface area contributed by atoms with Crippen molar-refractivity contribution in [3.05, 3.63) is 82.4 Å². The first-order chi connectivity index (χ1) is 16.2. The minimum atomic E-state index is -4.15. The van der Waals surface area contributed by atoms with Crippen LogP contribution >= 0.6 is 0 Å². The van der Waals surface area contributed by atoms with E-state index in [-0.39, 0.29) is 27.7 Å². The number of carbonyl (C=O) groups is 1. The van der Waals surface area contributed by atoms with E-state index in [1.54, 1.807) is 43.3 Å². The Hall–Kier alpha value is -4.12. The van der Waals surface area contributed by atoms with Crippen molar-refractivity contribution in [2.75, 3.05) is 30.4 Å². The highest BCUT2D eigenvalue weighted by atomic mass is 32.2. The summed E-state index contributed by atoms with van der Waals surface area (Å²) < 4.78 is 38.4. The van der Waals surface area contributed by atoms with Crippen molar-refractivity contribution in [2.45, 2.75) is 11.8 Å². The Morgan fingerprint density at radius 1 is 1.00 bits per heavy atom. The number of para-hydroxylation sites is 1. The van der Waals surface area contributed by atoms with Crippen LogP contribution in [0.5, 0.6) is 11.5 Å². The average molecular weight is 486 g/mol. The summed E-state index contributed by atoms with van der Waals surface area (Å²) in [6, 6.07) is 16.3. The molecule has 0 aliphatic carbocycles. The highest BCUT2D eigenvalue weighted by Gasteiger charge is 2.28. The summed E-state index contributed by atoms with van der Waals surface area (Å²) in [5.74, 6) is 0.0102. The first-order valence-corrected chi connectivity index (χ1v) is 11.5. The molecular weight excluding hydrogens is 462 g/mol. The number of carbonyl (C=O) groups excluding carboxylic acids is 1. The number of benzene rings is 3. The summed E-state index contributed by atoms with van der Waals surface area (Å²) in [5, 5.41) is 13.6. The van der Waals surface area contributed by atoms with Gasteiger partial charge in [-0.1, -0.05) is 18.2 Å². The number of aryl methyl sites for hydroxylation is 1. The van der Waals surface area contributed by atoms with Gasteiger partial charge < -0.3 is 14.8 Å². The quantitative estimate of drug-likeness (QED) is 0.361. The maximum absolute atomic E-state index is 13.5. The molecule has 0 atom stereocenters. The van der Waals surface area contributed by atoms with Crippen LogP contribution in [0.2, 0.25) is 0 Å². The normalized spacial score (nSPS) is 10.9. The second-order valence-corrected chi connectivity index (χ2v) is 9.03. The summed E-state index contributed by atoms with van der Waals surface area (Å²) in [4.78, 5) is 23.4. The van der Waals surface area contributed by atoms with Crippen LogP contribution in [0.1, 0.15) is 5.56 Å². The molecule has 34 heavy (non-hydrogen) atoms. The zero-order chi connectivity index (χ0) is 24.9. The van der Waals surface area contributed by atoms with E-state index in [2.05, 4.69) is 5.32 Å². The molecule has 0 spiro atoms. The number of nitrogens with zero attached hydrogens (tertiary/aromatic N) is 2. The minimum Gasteiger partial charge on any atom is -0.496 e. The predicted octanol–water partition coefficient (Wildman–Crippen LogP) is 3.75. The monoisotopic (exact) mass is 485 g/mol. The van der Waals surface area contributed by atoms with E-state index in [4.69, 9.17) is 9.47 Å². The molecule has 0 saturated heterocycles. The number of methoxy groups -OCH3 is 2. The molecule has 0 saturated carbocycles. The average Bonchev–Trinajstić information content (AvgIpc) is 2.82. The molecule has 0 aliphatic heterocycles. The SMILES string of the molecule is COc1ccc(S(=O)(=O)N(CC(=O)Nc2cc([N+](=O)[O-])ccc2OC)c2ccccc2)cc1C. The molecule has 0 heterocycles. The van der Waals surface area contributed by atoms with Crippen LogP contribution < -0.4 is 19.1 Å². The van der Waals surface area contributed by atoms with Gasteiger partial charge in [0.25, 0.3) is 15.7 Å². The van der Waals surface area contributed by atoms with Gasteiger partial charge in [-0.2, -0.15) is 0 Å². The van der Waals surface area contributed by atoms with E-state index in [0.29, 0.717) is 11.3 Å². The highest BCUT2D eigenvalue weighted by molar-refractivity contribution is 7.92. The molecule has 1 N–H and O–H groups in total. The number of rotatable bonds is 9. The molecule has 178 valence electrons. The lowest BCUT2D eigenvalue weighted by molar-refractivity contribution is -0.384. The van der Waals surface area contributed by atoms with Crippen LogP contribution in [-0.2, 0) is 14.8 Å². The Labute approximate surface area is 196 Å². The third-order valence-corrected chi connectivity index (χ3v) is 6.72. The van der Waals surface area contributed by atoms with E-state index < -0.39 is 27.4 Å². The van der Waals surface area contributed by atoms with Crippen molar-refractivity contribution in [1.82, 2.24) is 0 Å². The van der Waals surface area contributed by atoms with Crippen LogP contribution in [-0.4, -0.2) is 40.0 Å². The molecule has 0 bridgehead atoms. The molecule has 0 unspecified atom stereocenters. The van der Waals surface area contributed by atoms with Gasteiger partial charge in [-0.15, -0.1) is 0 Å². The number of hydrogen-bond donors (Lipinski definition) is 1. The lowest BCUT2D eigenvalue weighted by Gasteiger charge is -2.24. The zero-order valence-corrected chi connectivity index (χ0v) is 19.5. The summed E-state index contributed by atoms with van der Waals surface area (Å²) >= 11 is 0. The third-order valence-electron chi connectivity index (χ3n) is 4.95. The molecule has 0 aliphatic rings. The number of anilines is 2. The van der Waals surface area contributed by atoms with Crippen molar-refractivity contribution in [2.24, 2.45) is 0 Å². The van der Waals surface area contributed by atoms with Gasteiger partial charge in [0.05, 0.1) is 35.4 Å². The zero-order valence-electron chi connectivity index (χ0n) is 18.7. The van der Waals surface area contributed by atoms with Crippen molar-refractivity contribution >= 4 is 33.0 Å². The number of nitro benzene ring substituents is 1. The molecule has 0 aromatic heterocycles. The van der Waals surface area contributed by atoms with E-state index in [9.17, 15) is 23.3 Å². The van der Waals surface area contributed by atoms with E-state index in [1.165, 1.54) is 38.5 Å². The van der Waals surface area contributed by atoms with Crippen LogP contribution in [0, 0.1) is 17.0 Å². The molecule has 11 heteroatoms. The summed E-state index contributed by atoms with van der Waals surface area (Å²) in [5.41, 5.74) is 0.684. The lowest BCUT2D eigenvalue weighted by Crippen LogP contribution is -2.38. The second kappa shape index (κ2) is 10.2. The number of sulfonamides is 1. The number of nitrogens with one attached hydrogen (secondary N) is 1. The molecule has 0 fully saturated rings. The van der Waals surface area contributed by atoms with Crippen molar-refractivity contribution in [3.8, 4) is 11.5 Å². The molecule has 3 aromatic carbocycles. The number of non-ortho nitro benzene ring substituents is 1. The van der Waals surface area contributed by atoms with Crippen LogP contribution in [0.25, 0.3) is 0 Å². The standard InChI is InChI=1S/C23H23N3O7S/c1-16-13-19(10-12-21(16)32-2)34(30,31)25(17-7-5-4-6-8-17)15-23(27)24-20-14-18(26(28)29)9-11-22(20)33-3/h4-14H,15H2,1-3H3,(H,24,27). The largest absolute Gasteiger partial charge is 0.496 e. The number of ether oxygens (including phenoxy) is 2. The fourth-order valence-corrected chi connectivity index (χ4v) is 4.78. The molecule has 0 radical (unpaired) electrons. The van der Waals surface area contributed by atoms with Crippen molar-refractivity contribution in [3.63, 3.8) is 0 Å². The Kier molecular flexibility index (Phi) is 7.37. The molecule has 1 amide bonds. The van der Waals surface area contributed by atoms with Crippen LogP contribution in [0.4, 0.5) is 17.1 Å². The molecule has 3 rings (SSSR count). The van der Waals surface area contributed by atoms with Crippen LogP contribution in [0.3, 0.4) is 0 Å². The summed E-state index contributed by atoms with van der Waals surface area (Å²) in [6.07, 6.45) is 0. The fraction of sp³-hybridized carbons (Fsp3) is 0.174. The highest BCUT2D eigenvalue weighted by Crippen LogP contribution is 2.30. The molecular formula is C23H23N3O7S. The molecule has 10 nitrogen and oxygen atoms in total. The van der Waals surface area contributed by atoms with E-state index in [0.717, 1.165) is 10.4 Å². The van der Waals surface area contributed by atoms with Gasteiger partial charge in [-0.3, -0.25) is 19.2 Å². The Balaban J connectivity index is 1.97. The van der Waals surface area contributed by atoms with Gasteiger partial charge in [-0.25, -0.2) is 8.42 Å². The van der Waals surface area contributed by atoms with Gasteiger partial charge in [0.15, 0.2) is 0 Å². The third kappa shape index (κ3) is 5.26. The Morgan fingerprint density at radius 2 is 1.65 bits per heavy atom. The van der Waals surface area contributed by atoms with E-state index >= 15 is 0 Å². The fourth-order valence-electron chi connectivity index (χ4n) is 3.28. The van der Waals surface area contributed by atoms with Gasteiger partial charge in [0.1, 0.15) is 18.0 Å². The number of amides is 1. The number of hydrogen-bond acceptors (Lipinski definition) is 7.